The molecule has 0 unspecified atom stereocenters. The van der Waals surface area contributed by atoms with Gasteiger partial charge in [0.25, 0.3) is 11.9 Å². The van der Waals surface area contributed by atoms with Crippen molar-refractivity contribution in [3.05, 3.63) is 26.9 Å². The Labute approximate surface area is 103 Å². The summed E-state index contributed by atoms with van der Waals surface area (Å²) in [4.78, 5) is 11.4. The average Bonchev–Trinajstić information content (AvgIpc) is 2.87. The van der Waals surface area contributed by atoms with E-state index in [9.17, 15) is 4.79 Å². The van der Waals surface area contributed by atoms with Crippen LogP contribution in [0.15, 0.2) is 21.3 Å². The summed E-state index contributed by atoms with van der Waals surface area (Å²) in [5.74, 6) is -0.148. The monoisotopic (exact) mass is 299 g/mol. The van der Waals surface area contributed by atoms with E-state index >= 15 is 0 Å². The molecule has 2 aromatic heterocycles. The lowest BCUT2D eigenvalue weighted by Gasteiger charge is -1.91. The molecule has 0 atom stereocenters. The van der Waals surface area contributed by atoms with Crippen LogP contribution < -0.4 is 5.32 Å². The van der Waals surface area contributed by atoms with Gasteiger partial charge in [-0.05, 0) is 44.2 Å². The van der Waals surface area contributed by atoms with Gasteiger partial charge in [0.1, 0.15) is 0 Å². The quantitative estimate of drug-likeness (QED) is 0.845. The molecule has 0 aliphatic carbocycles. The van der Waals surface area contributed by atoms with Gasteiger partial charge < -0.3 is 0 Å². The first-order chi connectivity index (χ1) is 7.74. The van der Waals surface area contributed by atoms with Gasteiger partial charge in [0.05, 0.1) is 3.79 Å². The highest BCUT2D eigenvalue weighted by Gasteiger charge is 2.01. The van der Waals surface area contributed by atoms with Gasteiger partial charge in [-0.15, -0.1) is 16.4 Å². The molecule has 0 spiro atoms. The fourth-order valence-electron chi connectivity index (χ4n) is 0.949. The maximum absolute atomic E-state index is 11.4. The van der Waals surface area contributed by atoms with Crippen molar-refractivity contribution in [1.29, 1.82) is 0 Å². The first kappa shape index (κ1) is 11.0. The van der Waals surface area contributed by atoms with E-state index in [2.05, 4.69) is 41.9 Å². The van der Waals surface area contributed by atoms with E-state index in [1.54, 1.807) is 17.4 Å². The molecular formula is C8H6BrN5OS. The number of H-pyrrole nitrogens is 1. The predicted molar refractivity (Wildman–Crippen MR) is 63.9 cm³/mol. The number of rotatable bonds is 3. The Hall–Kier alpha value is -1.54. The second-order valence-corrected chi connectivity index (χ2v) is 5.03. The standard InChI is InChI=1S/C8H6BrN5OS/c9-6-3-5(4-16-6)1-2-7(15)10-8-11-13-14-12-8/h1-4H,(H2,10,11,12,13,14,15). The molecule has 0 saturated heterocycles. The molecule has 6 nitrogen and oxygen atoms in total. The summed E-state index contributed by atoms with van der Waals surface area (Å²) in [6.45, 7) is 0. The summed E-state index contributed by atoms with van der Waals surface area (Å²) in [5, 5.41) is 17.1. The van der Waals surface area contributed by atoms with Gasteiger partial charge in [0.15, 0.2) is 0 Å². The molecule has 0 bridgehead atoms. The number of amides is 1. The van der Waals surface area contributed by atoms with Crippen molar-refractivity contribution >= 4 is 45.2 Å². The van der Waals surface area contributed by atoms with Crippen molar-refractivity contribution in [2.75, 3.05) is 5.32 Å². The SMILES string of the molecule is O=C(C=Cc1csc(Br)c1)Nc1nn[nH]n1. The molecule has 0 radical (unpaired) electrons. The van der Waals surface area contributed by atoms with Crippen LogP contribution >= 0.6 is 27.3 Å². The topological polar surface area (TPSA) is 83.6 Å². The van der Waals surface area contributed by atoms with Crippen LogP contribution in [0.25, 0.3) is 6.08 Å². The Morgan fingerprint density at radius 3 is 3.12 bits per heavy atom. The molecule has 0 aliphatic heterocycles. The number of aromatic amines is 1. The van der Waals surface area contributed by atoms with Crippen molar-refractivity contribution < 1.29 is 4.79 Å². The van der Waals surface area contributed by atoms with Crippen LogP contribution in [0, 0.1) is 0 Å². The largest absolute Gasteiger partial charge is 0.288 e. The predicted octanol–water partition coefficient (Wildman–Crippen LogP) is 1.68. The van der Waals surface area contributed by atoms with Crippen molar-refractivity contribution in [3.8, 4) is 0 Å². The van der Waals surface area contributed by atoms with Crippen LogP contribution in [0.4, 0.5) is 5.95 Å². The molecule has 16 heavy (non-hydrogen) atoms. The van der Waals surface area contributed by atoms with E-state index in [0.29, 0.717) is 0 Å². The first-order valence-electron chi connectivity index (χ1n) is 4.20. The number of hydrogen-bond acceptors (Lipinski definition) is 5. The lowest BCUT2D eigenvalue weighted by Crippen LogP contribution is -2.08. The van der Waals surface area contributed by atoms with Gasteiger partial charge in [0, 0.05) is 6.08 Å². The number of halogens is 1. The Bertz CT molecular complexity index is 506. The molecule has 0 aliphatic rings. The second-order valence-electron chi connectivity index (χ2n) is 2.74. The minimum atomic E-state index is -0.302. The zero-order valence-corrected chi connectivity index (χ0v) is 10.2. The van der Waals surface area contributed by atoms with E-state index in [0.717, 1.165) is 9.35 Å². The van der Waals surface area contributed by atoms with Crippen LogP contribution in [0.1, 0.15) is 5.56 Å². The second kappa shape index (κ2) is 4.99. The molecule has 8 heteroatoms. The van der Waals surface area contributed by atoms with E-state index in [-0.39, 0.29) is 11.9 Å². The van der Waals surface area contributed by atoms with Crippen LogP contribution in [0.3, 0.4) is 0 Å². The van der Waals surface area contributed by atoms with Crippen LogP contribution in [0.2, 0.25) is 0 Å². The van der Waals surface area contributed by atoms with E-state index in [1.807, 2.05) is 11.4 Å². The number of thiophene rings is 1. The Kier molecular flexibility index (Phi) is 3.42. The lowest BCUT2D eigenvalue weighted by molar-refractivity contribution is -0.111. The molecule has 2 heterocycles. The highest BCUT2D eigenvalue weighted by atomic mass is 79.9. The average molecular weight is 300 g/mol. The van der Waals surface area contributed by atoms with E-state index < -0.39 is 0 Å². The summed E-state index contributed by atoms with van der Waals surface area (Å²) in [6, 6.07) is 1.92. The number of nitrogens with zero attached hydrogens (tertiary/aromatic N) is 3. The zero-order valence-electron chi connectivity index (χ0n) is 7.85. The van der Waals surface area contributed by atoms with Crippen LogP contribution in [-0.2, 0) is 4.79 Å². The highest BCUT2D eigenvalue weighted by Crippen LogP contribution is 2.21. The maximum atomic E-state index is 11.4. The molecule has 0 aromatic carbocycles. The minimum absolute atomic E-state index is 0.154. The number of hydrogen-bond donors (Lipinski definition) is 2. The third-order valence-corrected chi connectivity index (χ3v) is 3.12. The minimum Gasteiger partial charge on any atom is -0.288 e. The van der Waals surface area contributed by atoms with Crippen LogP contribution in [-0.4, -0.2) is 26.5 Å². The van der Waals surface area contributed by atoms with Gasteiger partial charge >= 0.3 is 0 Å². The van der Waals surface area contributed by atoms with Crippen molar-refractivity contribution in [2.24, 2.45) is 0 Å². The van der Waals surface area contributed by atoms with E-state index in [4.69, 9.17) is 0 Å². The van der Waals surface area contributed by atoms with Crippen molar-refractivity contribution in [1.82, 2.24) is 20.6 Å². The number of nitrogens with one attached hydrogen (secondary N) is 2. The van der Waals surface area contributed by atoms with Gasteiger partial charge in [0.2, 0.25) is 0 Å². The maximum Gasteiger partial charge on any atom is 0.270 e. The molecule has 1 amide bonds. The zero-order chi connectivity index (χ0) is 11.4. The first-order valence-corrected chi connectivity index (χ1v) is 5.88. The summed E-state index contributed by atoms with van der Waals surface area (Å²) < 4.78 is 1.02. The number of carbonyl (C=O) groups is 1. The normalized spacial score (nSPS) is 10.8. The lowest BCUT2D eigenvalue weighted by atomic mass is 10.3. The summed E-state index contributed by atoms with van der Waals surface area (Å²) in [7, 11) is 0. The number of anilines is 1. The van der Waals surface area contributed by atoms with E-state index in [1.165, 1.54) is 6.08 Å². The third-order valence-electron chi connectivity index (χ3n) is 1.60. The Morgan fingerprint density at radius 2 is 2.50 bits per heavy atom. The smallest absolute Gasteiger partial charge is 0.270 e. The molecule has 82 valence electrons. The molecule has 0 fully saturated rings. The van der Waals surface area contributed by atoms with Crippen molar-refractivity contribution in [3.63, 3.8) is 0 Å². The van der Waals surface area contributed by atoms with Gasteiger partial charge in [-0.1, -0.05) is 5.10 Å². The van der Waals surface area contributed by atoms with Crippen molar-refractivity contribution in [2.45, 2.75) is 0 Å². The number of tetrazole rings is 1. The molecule has 2 aromatic rings. The Balaban J connectivity index is 1.94. The number of aromatic nitrogens is 4. The highest BCUT2D eigenvalue weighted by molar-refractivity contribution is 9.11. The fourth-order valence-corrected chi connectivity index (χ4v) is 2.09. The summed E-state index contributed by atoms with van der Waals surface area (Å²) in [6.07, 6.45) is 3.11. The molecule has 2 N–H and O–H groups in total. The fraction of sp³-hybridized carbons (Fsp3) is 0. The third kappa shape index (κ3) is 2.97. The molecule has 0 saturated carbocycles. The van der Waals surface area contributed by atoms with Crippen LogP contribution in [0.5, 0.6) is 0 Å². The molecular weight excluding hydrogens is 294 g/mol. The number of carbonyl (C=O) groups excluding carboxylic acids is 1. The summed E-state index contributed by atoms with van der Waals surface area (Å²) >= 11 is 4.89. The Morgan fingerprint density at radius 1 is 1.62 bits per heavy atom. The summed E-state index contributed by atoms with van der Waals surface area (Å²) in [5.41, 5.74) is 0.958. The van der Waals surface area contributed by atoms with Gasteiger partial charge in [-0.3, -0.25) is 10.1 Å². The molecule has 2 rings (SSSR count). The van der Waals surface area contributed by atoms with Gasteiger partial charge in [-0.2, -0.15) is 5.21 Å². The van der Waals surface area contributed by atoms with Gasteiger partial charge in [-0.25, -0.2) is 0 Å².